The zero-order chi connectivity index (χ0) is 12.6. The van der Waals surface area contributed by atoms with Crippen LogP contribution in [0, 0.1) is 16.7 Å². The quantitative estimate of drug-likeness (QED) is 0.449. The molecule has 1 saturated heterocycles. The van der Waals surface area contributed by atoms with E-state index in [-0.39, 0.29) is 5.60 Å². The molecule has 1 nitrogen and oxygen atoms in total. The van der Waals surface area contributed by atoms with Gasteiger partial charge in [-0.15, -0.1) is 0 Å². The first-order chi connectivity index (χ1) is 7.67. The van der Waals surface area contributed by atoms with E-state index in [4.69, 9.17) is 4.74 Å². The lowest BCUT2D eigenvalue weighted by Gasteiger charge is -2.50. The van der Waals surface area contributed by atoms with Gasteiger partial charge < -0.3 is 4.74 Å². The van der Waals surface area contributed by atoms with E-state index in [2.05, 4.69) is 41.5 Å². The van der Waals surface area contributed by atoms with Crippen molar-refractivity contribution < 1.29 is 4.74 Å². The van der Waals surface area contributed by atoms with Crippen molar-refractivity contribution in [3.8, 4) is 0 Å². The van der Waals surface area contributed by atoms with Crippen LogP contribution in [0.25, 0.3) is 0 Å². The van der Waals surface area contributed by atoms with E-state index in [1.54, 1.807) is 11.1 Å². The van der Waals surface area contributed by atoms with E-state index in [0.29, 0.717) is 16.9 Å². The molecule has 17 heavy (non-hydrogen) atoms. The molecule has 1 fully saturated rings. The number of ether oxygens (including phenoxy) is 1. The van der Waals surface area contributed by atoms with Gasteiger partial charge in [0.2, 0.25) is 0 Å². The minimum absolute atomic E-state index is 0.184. The summed E-state index contributed by atoms with van der Waals surface area (Å²) >= 11 is 0. The summed E-state index contributed by atoms with van der Waals surface area (Å²) in [6.07, 6.45) is 4.20. The summed E-state index contributed by atoms with van der Waals surface area (Å²) in [7, 11) is 0. The van der Waals surface area contributed by atoms with Crippen molar-refractivity contribution in [1.29, 1.82) is 0 Å². The Morgan fingerprint density at radius 2 is 1.71 bits per heavy atom. The molecule has 0 spiro atoms. The van der Waals surface area contributed by atoms with Gasteiger partial charge in [0.25, 0.3) is 0 Å². The largest absolute Gasteiger partial charge is 0.366 e. The SMILES string of the molecule is C[C@H]1CC(C)(C)C2=C(C[C@@]3(C)O[C@H]3C2)C1(C)C. The fourth-order valence-electron chi connectivity index (χ4n) is 4.21. The molecule has 0 bridgehead atoms. The highest BCUT2D eigenvalue weighted by molar-refractivity contribution is 5.38. The zero-order valence-corrected chi connectivity index (χ0v) is 12.2. The standard InChI is InChI=1S/C16H26O/c1-10-8-14(2,3)11-7-13-16(6,17-13)9-12(11)15(10,4)5/h10,13H,7-9H2,1-6H3/t10-,13-,16+/m0/s1. The third-order valence-electron chi connectivity index (χ3n) is 5.96. The lowest BCUT2D eigenvalue weighted by molar-refractivity contribution is 0.155. The van der Waals surface area contributed by atoms with E-state index in [0.717, 1.165) is 5.92 Å². The van der Waals surface area contributed by atoms with Gasteiger partial charge in [-0.3, -0.25) is 0 Å². The Bertz CT molecular complexity index is 402. The average molecular weight is 234 g/mol. The van der Waals surface area contributed by atoms with E-state index in [1.165, 1.54) is 19.3 Å². The molecule has 1 heteroatoms. The van der Waals surface area contributed by atoms with Gasteiger partial charge in [-0.1, -0.05) is 45.8 Å². The van der Waals surface area contributed by atoms with Gasteiger partial charge in [0, 0.05) is 6.42 Å². The predicted octanol–water partition coefficient (Wildman–Crippen LogP) is 4.33. The van der Waals surface area contributed by atoms with Gasteiger partial charge >= 0.3 is 0 Å². The van der Waals surface area contributed by atoms with E-state index >= 15 is 0 Å². The van der Waals surface area contributed by atoms with Crippen LogP contribution in [0.1, 0.15) is 60.8 Å². The van der Waals surface area contributed by atoms with Crippen LogP contribution >= 0.6 is 0 Å². The normalized spacial score (nSPS) is 46.2. The van der Waals surface area contributed by atoms with Gasteiger partial charge in [-0.2, -0.15) is 0 Å². The topological polar surface area (TPSA) is 12.5 Å². The Morgan fingerprint density at radius 1 is 1.06 bits per heavy atom. The van der Waals surface area contributed by atoms with Crippen molar-refractivity contribution >= 4 is 0 Å². The maximum Gasteiger partial charge on any atom is 0.0960 e. The highest BCUT2D eigenvalue weighted by Gasteiger charge is 2.59. The zero-order valence-electron chi connectivity index (χ0n) is 12.2. The predicted molar refractivity (Wildman–Crippen MR) is 70.9 cm³/mol. The third kappa shape index (κ3) is 1.47. The molecule has 0 saturated carbocycles. The maximum atomic E-state index is 5.94. The average Bonchev–Trinajstić information content (AvgIpc) is 2.84. The number of fused-ring (bicyclic) bond motifs is 1. The summed E-state index contributed by atoms with van der Waals surface area (Å²) in [5.74, 6) is 0.773. The number of hydrogen-bond acceptors (Lipinski definition) is 1. The Balaban J connectivity index is 2.09. The molecule has 0 unspecified atom stereocenters. The fraction of sp³-hybridized carbons (Fsp3) is 0.875. The first-order valence-corrected chi connectivity index (χ1v) is 7.08. The fourth-order valence-corrected chi connectivity index (χ4v) is 4.21. The Hall–Kier alpha value is -0.300. The van der Waals surface area contributed by atoms with Gasteiger partial charge in [-0.05, 0) is 36.5 Å². The monoisotopic (exact) mass is 234 g/mol. The summed E-state index contributed by atoms with van der Waals surface area (Å²) < 4.78 is 5.94. The Morgan fingerprint density at radius 3 is 2.35 bits per heavy atom. The van der Waals surface area contributed by atoms with Crippen LogP contribution in [0.3, 0.4) is 0 Å². The van der Waals surface area contributed by atoms with Gasteiger partial charge in [0.15, 0.2) is 0 Å². The molecule has 1 aliphatic heterocycles. The summed E-state index contributed by atoms with van der Waals surface area (Å²) in [5.41, 5.74) is 4.38. The van der Waals surface area contributed by atoms with E-state index in [1.807, 2.05) is 0 Å². The van der Waals surface area contributed by atoms with E-state index < -0.39 is 0 Å². The molecular weight excluding hydrogens is 208 g/mol. The van der Waals surface area contributed by atoms with Gasteiger partial charge in [0.05, 0.1) is 11.7 Å². The lowest BCUT2D eigenvalue weighted by atomic mass is 9.54. The number of rotatable bonds is 0. The molecule has 96 valence electrons. The minimum Gasteiger partial charge on any atom is -0.366 e. The van der Waals surface area contributed by atoms with Gasteiger partial charge in [0.1, 0.15) is 0 Å². The van der Waals surface area contributed by atoms with Gasteiger partial charge in [-0.25, -0.2) is 0 Å². The van der Waals surface area contributed by atoms with Crippen LogP contribution in [0.15, 0.2) is 11.1 Å². The molecule has 3 aliphatic rings. The molecule has 0 radical (unpaired) electrons. The summed E-state index contributed by atoms with van der Waals surface area (Å²) in [6.45, 7) is 14.5. The van der Waals surface area contributed by atoms with Crippen molar-refractivity contribution in [2.45, 2.75) is 72.5 Å². The summed E-state index contributed by atoms with van der Waals surface area (Å²) in [4.78, 5) is 0. The van der Waals surface area contributed by atoms with Crippen molar-refractivity contribution in [2.75, 3.05) is 0 Å². The molecular formula is C16H26O. The first kappa shape index (κ1) is 11.8. The van der Waals surface area contributed by atoms with Crippen LogP contribution in [0.5, 0.6) is 0 Å². The van der Waals surface area contributed by atoms with Crippen molar-refractivity contribution in [3.05, 3.63) is 11.1 Å². The Labute approximate surface area is 106 Å². The second-order valence-corrected chi connectivity index (χ2v) is 7.97. The lowest BCUT2D eigenvalue weighted by Crippen LogP contribution is -2.41. The van der Waals surface area contributed by atoms with Crippen LogP contribution in [-0.2, 0) is 4.74 Å². The smallest absolute Gasteiger partial charge is 0.0960 e. The van der Waals surface area contributed by atoms with Crippen molar-refractivity contribution in [2.24, 2.45) is 16.7 Å². The maximum absolute atomic E-state index is 5.94. The Kier molecular flexibility index (Phi) is 2.07. The first-order valence-electron chi connectivity index (χ1n) is 7.08. The molecule has 0 aromatic heterocycles. The van der Waals surface area contributed by atoms with Crippen LogP contribution < -0.4 is 0 Å². The molecule has 0 aromatic rings. The third-order valence-corrected chi connectivity index (χ3v) is 5.96. The number of epoxide rings is 1. The van der Waals surface area contributed by atoms with Crippen LogP contribution in [0.4, 0.5) is 0 Å². The molecule has 0 N–H and O–H groups in total. The molecule has 0 amide bonds. The summed E-state index contributed by atoms with van der Waals surface area (Å²) in [5, 5.41) is 0. The molecule has 3 rings (SSSR count). The molecule has 0 aromatic carbocycles. The van der Waals surface area contributed by atoms with Crippen LogP contribution in [0.2, 0.25) is 0 Å². The highest BCUT2D eigenvalue weighted by Crippen LogP contribution is 2.62. The second kappa shape index (κ2) is 2.99. The van der Waals surface area contributed by atoms with Crippen molar-refractivity contribution in [3.63, 3.8) is 0 Å². The van der Waals surface area contributed by atoms with Crippen molar-refractivity contribution in [1.82, 2.24) is 0 Å². The van der Waals surface area contributed by atoms with E-state index in [9.17, 15) is 0 Å². The highest BCUT2D eigenvalue weighted by atomic mass is 16.6. The molecule has 2 aliphatic carbocycles. The molecule has 3 atom stereocenters. The second-order valence-electron chi connectivity index (χ2n) is 7.97. The minimum atomic E-state index is 0.184. The molecule has 1 heterocycles. The number of hydrogen-bond donors (Lipinski definition) is 0. The van der Waals surface area contributed by atoms with Crippen LogP contribution in [-0.4, -0.2) is 11.7 Å². The summed E-state index contributed by atoms with van der Waals surface area (Å²) in [6, 6.07) is 0.